The van der Waals surface area contributed by atoms with E-state index in [-0.39, 0.29) is 0 Å². The number of aliphatic hydroxyl groups is 1. The number of rotatable bonds is 5. The molecule has 1 aliphatic heterocycles. The van der Waals surface area contributed by atoms with Gasteiger partial charge in [0, 0.05) is 25.3 Å². The summed E-state index contributed by atoms with van der Waals surface area (Å²) in [5, 5.41) is 10.2. The molecule has 0 bridgehead atoms. The molecule has 3 rings (SSSR count). The third-order valence-electron chi connectivity index (χ3n) is 4.02. The molecule has 0 spiro atoms. The van der Waals surface area contributed by atoms with Crippen LogP contribution in [0.15, 0.2) is 54.7 Å². The van der Waals surface area contributed by atoms with E-state index in [4.69, 9.17) is 0 Å². The minimum atomic E-state index is -0.491. The fourth-order valence-corrected chi connectivity index (χ4v) is 2.74. The molecule has 0 aliphatic carbocycles. The Morgan fingerprint density at radius 3 is 2.60 bits per heavy atom. The first-order chi connectivity index (χ1) is 9.83. The van der Waals surface area contributed by atoms with Crippen LogP contribution in [0.1, 0.15) is 23.8 Å². The van der Waals surface area contributed by atoms with Gasteiger partial charge in [-0.1, -0.05) is 36.4 Å². The predicted octanol–water partition coefficient (Wildman–Crippen LogP) is 2.43. The number of aliphatic hydroxyl groups excluding tert-OH is 1. The summed E-state index contributed by atoms with van der Waals surface area (Å²) in [6, 6.07) is 16.8. The maximum Gasteiger partial charge on any atom is 0.109 e. The van der Waals surface area contributed by atoms with Crippen LogP contribution in [0.2, 0.25) is 0 Å². The largest absolute Gasteiger partial charge is 0.385 e. The van der Waals surface area contributed by atoms with E-state index >= 15 is 0 Å². The highest BCUT2D eigenvalue weighted by Gasteiger charge is 2.29. The quantitative estimate of drug-likeness (QED) is 0.905. The number of hydrogen-bond donors (Lipinski definition) is 1. The van der Waals surface area contributed by atoms with E-state index in [0.29, 0.717) is 12.6 Å². The molecule has 2 unspecified atom stereocenters. The van der Waals surface area contributed by atoms with Crippen LogP contribution in [-0.2, 0) is 6.42 Å². The molecule has 3 heteroatoms. The van der Waals surface area contributed by atoms with Crippen LogP contribution in [0, 0.1) is 0 Å². The molecule has 0 amide bonds. The predicted molar refractivity (Wildman–Crippen MR) is 79.3 cm³/mol. The number of aromatic nitrogens is 1. The van der Waals surface area contributed by atoms with E-state index in [1.807, 2.05) is 24.3 Å². The van der Waals surface area contributed by atoms with E-state index in [9.17, 15) is 5.11 Å². The fraction of sp³-hybridized carbons (Fsp3) is 0.353. The van der Waals surface area contributed by atoms with Gasteiger partial charge < -0.3 is 5.11 Å². The van der Waals surface area contributed by atoms with Gasteiger partial charge in [-0.3, -0.25) is 9.88 Å². The van der Waals surface area contributed by atoms with Gasteiger partial charge in [-0.15, -0.1) is 0 Å². The lowest BCUT2D eigenvalue weighted by Crippen LogP contribution is -2.50. The molecule has 2 aromatic rings. The van der Waals surface area contributed by atoms with Crippen molar-refractivity contribution in [2.45, 2.75) is 25.0 Å². The molecule has 0 saturated carbocycles. The van der Waals surface area contributed by atoms with E-state index in [1.165, 1.54) is 12.0 Å². The fourth-order valence-electron chi connectivity index (χ4n) is 2.74. The van der Waals surface area contributed by atoms with Crippen molar-refractivity contribution in [1.29, 1.82) is 0 Å². The summed E-state index contributed by atoms with van der Waals surface area (Å²) < 4.78 is 0. The summed E-state index contributed by atoms with van der Waals surface area (Å²) in [5.41, 5.74) is 2.13. The molecule has 3 nitrogen and oxygen atoms in total. The zero-order valence-electron chi connectivity index (χ0n) is 11.5. The van der Waals surface area contributed by atoms with Gasteiger partial charge in [0.15, 0.2) is 0 Å². The zero-order valence-corrected chi connectivity index (χ0v) is 11.5. The maximum absolute atomic E-state index is 10.2. The summed E-state index contributed by atoms with van der Waals surface area (Å²) in [6.45, 7) is 1.75. The Kier molecular flexibility index (Phi) is 4.09. The molecule has 1 saturated heterocycles. The lowest BCUT2D eigenvalue weighted by molar-refractivity contribution is 0.0294. The average molecular weight is 268 g/mol. The first-order valence-electron chi connectivity index (χ1n) is 7.20. The Morgan fingerprint density at radius 1 is 1.15 bits per heavy atom. The van der Waals surface area contributed by atoms with Crippen molar-refractivity contribution in [3.63, 3.8) is 0 Å². The molecule has 1 aliphatic rings. The first kappa shape index (κ1) is 13.3. The second-order valence-corrected chi connectivity index (χ2v) is 5.40. The Labute approximate surface area is 119 Å². The number of likely N-dealkylation sites (tertiary alicyclic amines) is 1. The second kappa shape index (κ2) is 6.16. The van der Waals surface area contributed by atoms with E-state index < -0.39 is 6.10 Å². The Hall–Kier alpha value is -1.71. The highest BCUT2D eigenvalue weighted by molar-refractivity contribution is 5.17. The molecule has 1 aromatic heterocycles. The minimum absolute atomic E-state index is 0.491. The van der Waals surface area contributed by atoms with Gasteiger partial charge >= 0.3 is 0 Å². The van der Waals surface area contributed by atoms with Crippen LogP contribution in [0.3, 0.4) is 0 Å². The summed E-state index contributed by atoms with van der Waals surface area (Å²) >= 11 is 0. The van der Waals surface area contributed by atoms with Gasteiger partial charge in [-0.25, -0.2) is 0 Å². The van der Waals surface area contributed by atoms with Gasteiger partial charge in [-0.05, 0) is 30.5 Å². The Bertz CT molecular complexity index is 529. The van der Waals surface area contributed by atoms with Crippen LogP contribution in [0.25, 0.3) is 0 Å². The first-order valence-corrected chi connectivity index (χ1v) is 7.20. The van der Waals surface area contributed by atoms with Crippen molar-refractivity contribution < 1.29 is 5.11 Å². The monoisotopic (exact) mass is 268 g/mol. The number of benzene rings is 1. The topological polar surface area (TPSA) is 36.4 Å². The lowest BCUT2D eigenvalue weighted by Gasteiger charge is -2.42. The van der Waals surface area contributed by atoms with Crippen LogP contribution in [0.5, 0.6) is 0 Å². The summed E-state index contributed by atoms with van der Waals surface area (Å²) in [7, 11) is 0. The molecule has 1 aromatic carbocycles. The van der Waals surface area contributed by atoms with Crippen molar-refractivity contribution >= 4 is 0 Å². The molecule has 1 fully saturated rings. The average Bonchev–Trinajstić information content (AvgIpc) is 2.51. The number of pyridine rings is 1. The number of hydrogen-bond acceptors (Lipinski definition) is 3. The van der Waals surface area contributed by atoms with E-state index in [1.54, 1.807) is 6.20 Å². The molecule has 2 atom stereocenters. The van der Waals surface area contributed by atoms with Crippen molar-refractivity contribution in [3.8, 4) is 0 Å². The van der Waals surface area contributed by atoms with Gasteiger partial charge in [0.1, 0.15) is 6.10 Å². The molecular formula is C17H20N2O. The highest BCUT2D eigenvalue weighted by Crippen LogP contribution is 2.24. The van der Waals surface area contributed by atoms with Gasteiger partial charge in [0.2, 0.25) is 0 Å². The van der Waals surface area contributed by atoms with Crippen molar-refractivity contribution in [2.24, 2.45) is 0 Å². The maximum atomic E-state index is 10.2. The van der Waals surface area contributed by atoms with Crippen LogP contribution in [0.4, 0.5) is 0 Å². The second-order valence-electron chi connectivity index (χ2n) is 5.40. The normalized spacial score (nSPS) is 20.4. The number of β-amino-alcohol motifs (C(OH)–C–C–N with tert-alkyl or cyclic N) is 1. The van der Waals surface area contributed by atoms with Gasteiger partial charge in [0.05, 0.1) is 5.69 Å². The third kappa shape index (κ3) is 3.06. The molecule has 1 N–H and O–H groups in total. The minimum Gasteiger partial charge on any atom is -0.385 e. The smallest absolute Gasteiger partial charge is 0.109 e. The molecule has 104 valence electrons. The summed E-state index contributed by atoms with van der Waals surface area (Å²) in [4.78, 5) is 6.58. The van der Waals surface area contributed by atoms with Gasteiger partial charge in [0.25, 0.3) is 0 Å². The van der Waals surface area contributed by atoms with E-state index in [2.05, 4.69) is 34.1 Å². The van der Waals surface area contributed by atoms with Crippen molar-refractivity contribution in [2.75, 3.05) is 13.1 Å². The van der Waals surface area contributed by atoms with Crippen LogP contribution >= 0.6 is 0 Å². The van der Waals surface area contributed by atoms with Gasteiger partial charge in [-0.2, -0.15) is 0 Å². The third-order valence-corrected chi connectivity index (χ3v) is 4.02. The molecule has 0 radical (unpaired) electrons. The lowest BCUT2D eigenvalue weighted by atomic mass is 9.94. The van der Waals surface area contributed by atoms with Crippen LogP contribution < -0.4 is 0 Å². The van der Waals surface area contributed by atoms with Crippen molar-refractivity contribution in [3.05, 3.63) is 66.0 Å². The summed E-state index contributed by atoms with van der Waals surface area (Å²) in [6.07, 6.45) is 3.52. The molecular weight excluding hydrogens is 248 g/mol. The Morgan fingerprint density at radius 2 is 1.95 bits per heavy atom. The molecule has 2 heterocycles. The van der Waals surface area contributed by atoms with Crippen molar-refractivity contribution in [1.82, 2.24) is 9.88 Å². The SMILES string of the molecule is OC(CN1CCC1Cc1ccccc1)c1ccccn1. The highest BCUT2D eigenvalue weighted by atomic mass is 16.3. The molecule has 20 heavy (non-hydrogen) atoms. The summed E-state index contributed by atoms with van der Waals surface area (Å²) in [5.74, 6) is 0. The number of nitrogens with zero attached hydrogens (tertiary/aromatic N) is 2. The van der Waals surface area contributed by atoms with Crippen LogP contribution in [-0.4, -0.2) is 34.1 Å². The standard InChI is InChI=1S/C17H20N2O/c20-17(16-8-4-5-10-18-16)13-19-11-9-15(19)12-14-6-2-1-3-7-14/h1-8,10,15,17,20H,9,11-13H2. The Balaban J connectivity index is 1.56. The zero-order chi connectivity index (χ0) is 13.8. The van der Waals surface area contributed by atoms with E-state index in [0.717, 1.165) is 18.7 Å².